The average molecular weight is 260 g/mol. The number of hydrogen-bond donors (Lipinski definition) is 1. The standard InChI is InChI=1S/C14H16N2O3/c1-4-16(12-7-11(17)6-5-9(12)2)14(18)13-10(3)15-8-19-13/h5-8,17H,4H2,1-3H3. The first-order chi connectivity index (χ1) is 9.04. The highest BCUT2D eigenvalue weighted by Crippen LogP contribution is 2.26. The number of oxazole rings is 1. The van der Waals surface area contributed by atoms with Gasteiger partial charge in [0.1, 0.15) is 5.75 Å². The van der Waals surface area contributed by atoms with Crippen LogP contribution in [0.15, 0.2) is 29.0 Å². The number of anilines is 1. The van der Waals surface area contributed by atoms with E-state index < -0.39 is 0 Å². The molecule has 100 valence electrons. The molecule has 0 bridgehead atoms. The van der Waals surface area contributed by atoms with Gasteiger partial charge in [-0.15, -0.1) is 0 Å². The summed E-state index contributed by atoms with van der Waals surface area (Å²) in [6, 6.07) is 4.94. The molecule has 0 aliphatic rings. The molecule has 5 nitrogen and oxygen atoms in total. The first kappa shape index (κ1) is 13.1. The van der Waals surface area contributed by atoms with E-state index in [2.05, 4.69) is 4.98 Å². The summed E-state index contributed by atoms with van der Waals surface area (Å²) in [7, 11) is 0. The van der Waals surface area contributed by atoms with Gasteiger partial charge >= 0.3 is 0 Å². The van der Waals surface area contributed by atoms with E-state index in [9.17, 15) is 9.90 Å². The number of benzene rings is 1. The third kappa shape index (κ3) is 2.45. The van der Waals surface area contributed by atoms with Gasteiger partial charge in [0, 0.05) is 12.6 Å². The van der Waals surface area contributed by atoms with Gasteiger partial charge in [-0.3, -0.25) is 4.79 Å². The molecular weight excluding hydrogens is 244 g/mol. The van der Waals surface area contributed by atoms with Crippen molar-refractivity contribution in [3.63, 3.8) is 0 Å². The second kappa shape index (κ2) is 5.14. The van der Waals surface area contributed by atoms with Gasteiger partial charge < -0.3 is 14.4 Å². The molecule has 0 aliphatic heterocycles. The maximum Gasteiger partial charge on any atom is 0.295 e. The summed E-state index contributed by atoms with van der Waals surface area (Å²) in [6.07, 6.45) is 1.26. The Hall–Kier alpha value is -2.30. The Labute approximate surface area is 111 Å². The molecule has 0 unspecified atom stereocenters. The maximum atomic E-state index is 12.4. The molecule has 1 amide bonds. The molecule has 0 atom stereocenters. The molecule has 2 aromatic rings. The molecule has 1 aromatic heterocycles. The second-order valence-electron chi connectivity index (χ2n) is 4.29. The summed E-state index contributed by atoms with van der Waals surface area (Å²) in [4.78, 5) is 17.9. The van der Waals surface area contributed by atoms with Crippen LogP contribution < -0.4 is 4.90 Å². The zero-order valence-electron chi connectivity index (χ0n) is 11.2. The molecule has 0 fully saturated rings. The van der Waals surface area contributed by atoms with Crippen LogP contribution in [-0.4, -0.2) is 22.5 Å². The zero-order valence-corrected chi connectivity index (χ0v) is 11.2. The van der Waals surface area contributed by atoms with Gasteiger partial charge in [-0.05, 0) is 32.4 Å². The highest BCUT2D eigenvalue weighted by Gasteiger charge is 2.23. The lowest BCUT2D eigenvalue weighted by atomic mass is 10.1. The van der Waals surface area contributed by atoms with E-state index in [1.54, 1.807) is 30.0 Å². The lowest BCUT2D eigenvalue weighted by molar-refractivity contribution is 0.0960. The van der Waals surface area contributed by atoms with Crippen molar-refractivity contribution in [2.24, 2.45) is 0 Å². The van der Waals surface area contributed by atoms with Gasteiger partial charge in [0.15, 0.2) is 6.39 Å². The summed E-state index contributed by atoms with van der Waals surface area (Å²) < 4.78 is 5.14. The molecule has 19 heavy (non-hydrogen) atoms. The van der Waals surface area contributed by atoms with Crippen molar-refractivity contribution in [3.05, 3.63) is 41.6 Å². The molecule has 0 saturated heterocycles. The molecule has 1 heterocycles. The third-order valence-electron chi connectivity index (χ3n) is 2.98. The largest absolute Gasteiger partial charge is 0.508 e. The van der Waals surface area contributed by atoms with Crippen LogP contribution >= 0.6 is 0 Å². The third-order valence-corrected chi connectivity index (χ3v) is 2.98. The van der Waals surface area contributed by atoms with Crippen LogP contribution in [0.25, 0.3) is 0 Å². The molecular formula is C14H16N2O3. The number of aromatic nitrogens is 1. The van der Waals surface area contributed by atoms with Gasteiger partial charge in [-0.2, -0.15) is 0 Å². The summed E-state index contributed by atoms with van der Waals surface area (Å²) in [6.45, 7) is 5.95. The Morgan fingerprint density at radius 2 is 2.16 bits per heavy atom. The van der Waals surface area contributed by atoms with Crippen LogP contribution in [0.2, 0.25) is 0 Å². The van der Waals surface area contributed by atoms with Crippen molar-refractivity contribution in [2.45, 2.75) is 20.8 Å². The Morgan fingerprint density at radius 1 is 1.42 bits per heavy atom. The van der Waals surface area contributed by atoms with E-state index in [1.807, 2.05) is 13.8 Å². The van der Waals surface area contributed by atoms with Crippen LogP contribution in [0, 0.1) is 13.8 Å². The molecule has 0 aliphatic carbocycles. The van der Waals surface area contributed by atoms with E-state index in [-0.39, 0.29) is 17.4 Å². The number of carbonyl (C=O) groups excluding carboxylic acids is 1. The first-order valence-corrected chi connectivity index (χ1v) is 6.06. The fourth-order valence-corrected chi connectivity index (χ4v) is 1.94. The molecule has 0 spiro atoms. The Balaban J connectivity index is 2.43. The molecule has 0 radical (unpaired) electrons. The molecule has 1 aromatic carbocycles. The van der Waals surface area contributed by atoms with Crippen LogP contribution in [0.3, 0.4) is 0 Å². The summed E-state index contributed by atoms with van der Waals surface area (Å²) in [5.74, 6) is 0.0944. The van der Waals surface area contributed by atoms with Crippen molar-refractivity contribution >= 4 is 11.6 Å². The minimum Gasteiger partial charge on any atom is -0.508 e. The quantitative estimate of drug-likeness (QED) is 0.921. The minimum absolute atomic E-state index is 0.126. The van der Waals surface area contributed by atoms with Gasteiger partial charge in [0.05, 0.1) is 11.4 Å². The van der Waals surface area contributed by atoms with Crippen LogP contribution in [0.4, 0.5) is 5.69 Å². The fraction of sp³-hybridized carbons (Fsp3) is 0.286. The number of phenolic OH excluding ortho intramolecular Hbond substituents is 1. The van der Waals surface area contributed by atoms with Crippen molar-refractivity contribution in [1.82, 2.24) is 4.98 Å². The van der Waals surface area contributed by atoms with Crippen molar-refractivity contribution in [1.29, 1.82) is 0 Å². The predicted octanol–water partition coefficient (Wildman–Crippen LogP) is 2.66. The highest BCUT2D eigenvalue weighted by atomic mass is 16.3. The number of aryl methyl sites for hydroxylation is 2. The lowest BCUT2D eigenvalue weighted by Gasteiger charge is -2.22. The van der Waals surface area contributed by atoms with E-state index in [4.69, 9.17) is 4.42 Å². The summed E-state index contributed by atoms with van der Waals surface area (Å²) in [5.41, 5.74) is 2.13. The lowest BCUT2D eigenvalue weighted by Crippen LogP contribution is -2.31. The number of amides is 1. The Bertz CT molecular complexity index is 604. The second-order valence-corrected chi connectivity index (χ2v) is 4.29. The number of aromatic hydroxyl groups is 1. The van der Waals surface area contributed by atoms with Crippen LogP contribution in [0.5, 0.6) is 5.75 Å². The maximum absolute atomic E-state index is 12.4. The number of carbonyl (C=O) groups is 1. The van der Waals surface area contributed by atoms with Gasteiger partial charge in [0.25, 0.3) is 5.91 Å². The SMILES string of the molecule is CCN(C(=O)c1ocnc1C)c1cc(O)ccc1C. The van der Waals surface area contributed by atoms with Crippen molar-refractivity contribution < 1.29 is 14.3 Å². The number of hydrogen-bond acceptors (Lipinski definition) is 4. The summed E-state index contributed by atoms with van der Waals surface area (Å²) >= 11 is 0. The molecule has 2 rings (SSSR count). The van der Waals surface area contributed by atoms with Gasteiger partial charge in [-0.25, -0.2) is 4.98 Å². The first-order valence-electron chi connectivity index (χ1n) is 6.06. The monoisotopic (exact) mass is 260 g/mol. The normalized spacial score (nSPS) is 10.5. The van der Waals surface area contributed by atoms with Crippen LogP contribution in [-0.2, 0) is 0 Å². The van der Waals surface area contributed by atoms with Gasteiger partial charge in [0.2, 0.25) is 5.76 Å². The topological polar surface area (TPSA) is 66.6 Å². The van der Waals surface area contributed by atoms with Gasteiger partial charge in [-0.1, -0.05) is 6.07 Å². The number of nitrogens with zero attached hydrogens (tertiary/aromatic N) is 2. The predicted molar refractivity (Wildman–Crippen MR) is 71.4 cm³/mol. The van der Waals surface area contributed by atoms with E-state index in [1.165, 1.54) is 6.39 Å². The highest BCUT2D eigenvalue weighted by molar-refractivity contribution is 6.05. The van der Waals surface area contributed by atoms with E-state index in [0.717, 1.165) is 5.56 Å². The number of rotatable bonds is 3. The minimum atomic E-state index is -0.258. The van der Waals surface area contributed by atoms with Crippen LogP contribution in [0.1, 0.15) is 28.7 Å². The number of phenols is 1. The Morgan fingerprint density at radius 3 is 2.74 bits per heavy atom. The average Bonchev–Trinajstić information content (AvgIpc) is 2.80. The van der Waals surface area contributed by atoms with E-state index >= 15 is 0 Å². The van der Waals surface area contributed by atoms with Crippen molar-refractivity contribution in [2.75, 3.05) is 11.4 Å². The fourth-order valence-electron chi connectivity index (χ4n) is 1.94. The molecule has 0 saturated carbocycles. The van der Waals surface area contributed by atoms with E-state index in [0.29, 0.717) is 17.9 Å². The summed E-state index contributed by atoms with van der Waals surface area (Å²) in [5, 5.41) is 9.58. The Kier molecular flexibility index (Phi) is 3.55. The molecule has 5 heteroatoms. The molecule has 1 N–H and O–H groups in total. The van der Waals surface area contributed by atoms with Crippen molar-refractivity contribution in [3.8, 4) is 5.75 Å². The smallest absolute Gasteiger partial charge is 0.295 e. The zero-order chi connectivity index (χ0) is 14.0.